The number of sulfone groups is 1. The van der Waals surface area contributed by atoms with E-state index >= 15 is 0 Å². The van der Waals surface area contributed by atoms with Crippen molar-refractivity contribution in [2.45, 2.75) is 0 Å². The Morgan fingerprint density at radius 3 is 2.47 bits per heavy atom. The normalized spacial score (nSPS) is 18.5. The number of halogens is 1. The molecule has 1 aliphatic heterocycles. The molecule has 0 saturated heterocycles. The van der Waals surface area contributed by atoms with E-state index in [2.05, 4.69) is 20.9 Å². The Balaban J connectivity index is 2.59. The number of nitrogens with zero attached hydrogens (tertiary/aromatic N) is 1. The predicted octanol–water partition coefficient (Wildman–Crippen LogP) is 1.87. The van der Waals surface area contributed by atoms with Crippen molar-refractivity contribution in [2.24, 2.45) is 4.99 Å². The molecule has 1 N–H and O–H groups in total. The zero-order valence-electron chi connectivity index (χ0n) is 7.38. The molecule has 0 saturated carbocycles. The van der Waals surface area contributed by atoms with Gasteiger partial charge in [0, 0.05) is 11.8 Å². The molecule has 4 nitrogen and oxygen atoms in total. The van der Waals surface area contributed by atoms with Crippen LogP contribution in [0.4, 0.5) is 0 Å². The molecule has 2 rings (SSSR count). The van der Waals surface area contributed by atoms with Crippen LogP contribution in [0.25, 0.3) is 4.91 Å². The van der Waals surface area contributed by atoms with Crippen LogP contribution in [0, 0.1) is 0 Å². The molecular weight excluding hydrogens is 282 g/mol. The minimum atomic E-state index is -3.57. The minimum absolute atomic E-state index is 0.00692. The van der Waals surface area contributed by atoms with Crippen molar-refractivity contribution in [3.63, 3.8) is 0 Å². The summed E-state index contributed by atoms with van der Waals surface area (Å²) in [6, 6.07) is 6.23. The van der Waals surface area contributed by atoms with Crippen LogP contribution in [-0.2, 0) is 9.84 Å². The summed E-state index contributed by atoms with van der Waals surface area (Å²) in [5.74, 6) is -0.0790. The summed E-state index contributed by atoms with van der Waals surface area (Å²) >= 11 is 2.85. The van der Waals surface area contributed by atoms with Gasteiger partial charge in [-0.1, -0.05) is 12.1 Å². The van der Waals surface area contributed by atoms with Crippen molar-refractivity contribution in [3.8, 4) is 5.75 Å². The first kappa shape index (κ1) is 10.4. The average Bonchev–Trinajstić information content (AvgIpc) is 2.44. The van der Waals surface area contributed by atoms with Gasteiger partial charge in [0.25, 0.3) is 0 Å². The van der Waals surface area contributed by atoms with Crippen LogP contribution in [0.1, 0.15) is 5.56 Å². The summed E-state index contributed by atoms with van der Waals surface area (Å²) in [6.07, 6.45) is 1.22. The Bertz CT molecular complexity index is 575. The molecule has 0 bridgehead atoms. The molecule has 0 radical (unpaired) electrons. The van der Waals surface area contributed by atoms with Gasteiger partial charge in [0.2, 0.25) is 13.8 Å². The maximum atomic E-state index is 11.7. The summed E-state index contributed by atoms with van der Waals surface area (Å²) in [5.41, 5.74) is 0.260. The van der Waals surface area contributed by atoms with E-state index in [0.29, 0.717) is 0 Å². The van der Waals surface area contributed by atoms with Crippen LogP contribution in [0.3, 0.4) is 0 Å². The topological polar surface area (TPSA) is 66.7 Å². The fraction of sp³-hybridized carbons (Fsp3) is 0. The van der Waals surface area contributed by atoms with Crippen LogP contribution in [0.15, 0.2) is 35.5 Å². The zero-order chi connectivity index (χ0) is 11.1. The molecule has 0 atom stereocenters. The van der Waals surface area contributed by atoms with E-state index in [1.54, 1.807) is 12.1 Å². The third-order valence-corrected chi connectivity index (χ3v) is 4.90. The second kappa shape index (κ2) is 3.46. The maximum Gasteiger partial charge on any atom is 0.232 e. The molecule has 0 fully saturated rings. The highest BCUT2D eigenvalue weighted by molar-refractivity contribution is 9.22. The first-order chi connectivity index (χ1) is 7.03. The highest BCUT2D eigenvalue weighted by Gasteiger charge is 2.30. The van der Waals surface area contributed by atoms with Gasteiger partial charge in [-0.25, -0.2) is 13.4 Å². The van der Waals surface area contributed by atoms with E-state index in [0.717, 1.165) is 0 Å². The molecule has 0 unspecified atom stereocenters. The number of benzene rings is 1. The van der Waals surface area contributed by atoms with Gasteiger partial charge in [0.05, 0.1) is 0 Å². The van der Waals surface area contributed by atoms with Gasteiger partial charge >= 0.3 is 0 Å². The standard InChI is InChI=1S/C9H6BrNO3S/c10-9-11-5-8(15(9,13)14)6-3-1-2-4-7(6)12/h1-5,12H. The van der Waals surface area contributed by atoms with Gasteiger partial charge in [-0.05, 0) is 28.1 Å². The molecule has 1 heterocycles. The number of aliphatic imine (C=N–C) groups is 1. The van der Waals surface area contributed by atoms with E-state index in [9.17, 15) is 13.5 Å². The molecule has 15 heavy (non-hydrogen) atoms. The molecule has 1 aromatic rings. The van der Waals surface area contributed by atoms with Crippen molar-refractivity contribution in [3.05, 3.63) is 36.0 Å². The van der Waals surface area contributed by atoms with Crippen molar-refractivity contribution in [2.75, 3.05) is 0 Å². The van der Waals surface area contributed by atoms with Gasteiger partial charge in [-0.15, -0.1) is 0 Å². The second-order valence-electron chi connectivity index (χ2n) is 2.90. The Kier molecular flexibility index (Phi) is 2.40. The first-order valence-electron chi connectivity index (χ1n) is 4.00. The number of phenols is 1. The Hall–Kier alpha value is -1.14. The van der Waals surface area contributed by atoms with Crippen molar-refractivity contribution in [1.82, 2.24) is 0 Å². The van der Waals surface area contributed by atoms with E-state index < -0.39 is 9.84 Å². The van der Waals surface area contributed by atoms with Gasteiger partial charge < -0.3 is 5.11 Å². The summed E-state index contributed by atoms with van der Waals surface area (Å²) in [4.78, 5) is 3.67. The van der Waals surface area contributed by atoms with Crippen LogP contribution in [-0.4, -0.2) is 17.5 Å². The number of hydrogen-bond donors (Lipinski definition) is 1. The highest BCUT2D eigenvalue weighted by atomic mass is 79.9. The summed E-state index contributed by atoms with van der Waals surface area (Å²) in [7, 11) is -3.57. The number of rotatable bonds is 1. The third-order valence-electron chi connectivity index (χ3n) is 1.96. The predicted molar refractivity (Wildman–Crippen MR) is 61.4 cm³/mol. The zero-order valence-corrected chi connectivity index (χ0v) is 9.79. The molecular formula is C9H6BrNO3S. The Morgan fingerprint density at radius 1 is 1.27 bits per heavy atom. The van der Waals surface area contributed by atoms with Gasteiger partial charge in [-0.3, -0.25) is 0 Å². The van der Waals surface area contributed by atoms with Crippen molar-refractivity contribution in [1.29, 1.82) is 0 Å². The summed E-state index contributed by atoms with van der Waals surface area (Å²) in [5, 5.41) is 9.52. The van der Waals surface area contributed by atoms with Crippen molar-refractivity contribution < 1.29 is 13.5 Å². The second-order valence-corrected chi connectivity index (χ2v) is 6.01. The van der Waals surface area contributed by atoms with E-state index in [1.165, 1.54) is 18.3 Å². The summed E-state index contributed by atoms with van der Waals surface area (Å²) in [6.45, 7) is 0. The first-order valence-corrected chi connectivity index (χ1v) is 6.28. The molecule has 0 amide bonds. The molecule has 1 aliphatic rings. The minimum Gasteiger partial charge on any atom is -0.507 e. The quantitative estimate of drug-likeness (QED) is 0.857. The molecule has 0 aromatic heterocycles. The molecule has 78 valence electrons. The molecule has 1 aromatic carbocycles. The number of para-hydroxylation sites is 1. The SMILES string of the molecule is O=S1(=O)C(c2ccccc2O)=CN=C1Br. The van der Waals surface area contributed by atoms with E-state index in [-0.39, 0.29) is 20.2 Å². The van der Waals surface area contributed by atoms with Gasteiger partial charge in [0.15, 0.2) is 0 Å². The molecule has 6 heteroatoms. The summed E-state index contributed by atoms with van der Waals surface area (Å²) < 4.78 is 23.2. The monoisotopic (exact) mass is 287 g/mol. The van der Waals surface area contributed by atoms with Crippen LogP contribution >= 0.6 is 15.9 Å². The lowest BCUT2D eigenvalue weighted by Crippen LogP contribution is -2.05. The number of aromatic hydroxyl groups is 1. The molecule has 0 aliphatic carbocycles. The smallest absolute Gasteiger partial charge is 0.232 e. The third kappa shape index (κ3) is 1.59. The van der Waals surface area contributed by atoms with Gasteiger partial charge in [0.1, 0.15) is 10.7 Å². The van der Waals surface area contributed by atoms with E-state index in [1.807, 2.05) is 0 Å². The van der Waals surface area contributed by atoms with E-state index in [4.69, 9.17) is 0 Å². The van der Waals surface area contributed by atoms with Crippen molar-refractivity contribution >= 4 is 34.6 Å². The van der Waals surface area contributed by atoms with Crippen LogP contribution in [0.2, 0.25) is 0 Å². The van der Waals surface area contributed by atoms with Crippen LogP contribution in [0.5, 0.6) is 5.75 Å². The Labute approximate surface area is 95.0 Å². The average molecular weight is 288 g/mol. The van der Waals surface area contributed by atoms with Gasteiger partial charge in [-0.2, -0.15) is 0 Å². The molecule has 0 spiro atoms. The lowest BCUT2D eigenvalue weighted by atomic mass is 10.2. The lowest BCUT2D eigenvalue weighted by molar-refractivity contribution is 0.473. The largest absolute Gasteiger partial charge is 0.507 e. The fourth-order valence-electron chi connectivity index (χ4n) is 1.24. The highest BCUT2D eigenvalue weighted by Crippen LogP contribution is 2.34. The lowest BCUT2D eigenvalue weighted by Gasteiger charge is -2.04. The van der Waals surface area contributed by atoms with Crippen LogP contribution < -0.4 is 0 Å². The Morgan fingerprint density at radius 2 is 1.93 bits per heavy atom. The number of hydrogen-bond acceptors (Lipinski definition) is 4. The number of phenolic OH excluding ortho intramolecular Hbond substituents is 1. The maximum absolute atomic E-state index is 11.7. The fourth-order valence-corrected chi connectivity index (χ4v) is 2.89.